The summed E-state index contributed by atoms with van der Waals surface area (Å²) in [5.41, 5.74) is 1.24. The molecule has 1 aromatic heterocycles. The number of esters is 1. The van der Waals surface area contributed by atoms with Crippen molar-refractivity contribution in [1.29, 1.82) is 0 Å². The molecule has 4 rings (SSSR count). The minimum absolute atomic E-state index is 0.141. The van der Waals surface area contributed by atoms with Gasteiger partial charge >= 0.3 is 11.6 Å². The Hall–Kier alpha value is -2.68. The minimum Gasteiger partial charge on any atom is -0.457 e. The van der Waals surface area contributed by atoms with Crippen LogP contribution in [-0.4, -0.2) is 31.8 Å². The van der Waals surface area contributed by atoms with E-state index in [1.54, 1.807) is 19.1 Å². The Morgan fingerprint density at radius 3 is 2.48 bits per heavy atom. The van der Waals surface area contributed by atoms with Gasteiger partial charge in [-0.3, -0.25) is 0 Å². The van der Waals surface area contributed by atoms with Gasteiger partial charge in [0.15, 0.2) is 0 Å². The van der Waals surface area contributed by atoms with Crippen LogP contribution in [0.3, 0.4) is 0 Å². The average molecular weight is 462 g/mol. The second-order valence-electron chi connectivity index (χ2n) is 7.40. The molecule has 31 heavy (non-hydrogen) atoms. The van der Waals surface area contributed by atoms with Gasteiger partial charge in [0.1, 0.15) is 12.2 Å². The van der Waals surface area contributed by atoms with E-state index in [-0.39, 0.29) is 17.1 Å². The van der Waals surface area contributed by atoms with Gasteiger partial charge in [0.25, 0.3) is 0 Å². The lowest BCUT2D eigenvalue weighted by molar-refractivity contribution is 0.0473. The molecule has 7 nitrogen and oxygen atoms in total. The van der Waals surface area contributed by atoms with Crippen LogP contribution in [0.25, 0.3) is 11.0 Å². The Labute approximate surface area is 184 Å². The third-order valence-electron chi connectivity index (χ3n) is 5.26. The molecule has 2 aromatic carbocycles. The van der Waals surface area contributed by atoms with Crippen molar-refractivity contribution in [3.05, 3.63) is 74.6 Å². The van der Waals surface area contributed by atoms with E-state index < -0.39 is 21.6 Å². The third-order valence-corrected chi connectivity index (χ3v) is 7.58. The summed E-state index contributed by atoms with van der Waals surface area (Å²) in [6.45, 7) is 2.65. The quantitative estimate of drug-likeness (QED) is 0.422. The first-order chi connectivity index (χ1) is 14.8. The summed E-state index contributed by atoms with van der Waals surface area (Å²) in [7, 11) is -3.55. The number of carbonyl (C=O) groups is 1. The number of fused-ring (bicyclic) bond motifs is 1. The van der Waals surface area contributed by atoms with Gasteiger partial charge in [-0.25, -0.2) is 18.0 Å². The van der Waals surface area contributed by atoms with E-state index in [2.05, 4.69) is 0 Å². The van der Waals surface area contributed by atoms with Crippen LogP contribution in [0, 0.1) is 6.92 Å². The fourth-order valence-electron chi connectivity index (χ4n) is 3.53. The molecule has 0 amide bonds. The molecule has 0 aliphatic carbocycles. The number of nitrogens with zero attached hydrogens (tertiary/aromatic N) is 1. The first-order valence-electron chi connectivity index (χ1n) is 9.76. The zero-order valence-electron chi connectivity index (χ0n) is 16.8. The number of carbonyl (C=O) groups excluding carboxylic acids is 1. The summed E-state index contributed by atoms with van der Waals surface area (Å²) in [4.78, 5) is 24.5. The van der Waals surface area contributed by atoms with Crippen molar-refractivity contribution in [2.45, 2.75) is 31.3 Å². The lowest BCUT2D eigenvalue weighted by Crippen LogP contribution is -2.27. The molecule has 0 N–H and O–H groups in total. The topological polar surface area (TPSA) is 93.9 Å². The van der Waals surface area contributed by atoms with Crippen molar-refractivity contribution < 1.29 is 22.4 Å². The van der Waals surface area contributed by atoms with Crippen LogP contribution < -0.4 is 5.63 Å². The van der Waals surface area contributed by atoms with Crippen molar-refractivity contribution >= 4 is 38.6 Å². The van der Waals surface area contributed by atoms with Gasteiger partial charge in [-0.05, 0) is 61.7 Å². The highest BCUT2D eigenvalue weighted by molar-refractivity contribution is 7.89. The summed E-state index contributed by atoms with van der Waals surface area (Å²) in [6, 6.07) is 10.2. The zero-order chi connectivity index (χ0) is 22.2. The monoisotopic (exact) mass is 461 g/mol. The van der Waals surface area contributed by atoms with Crippen LogP contribution in [0.4, 0.5) is 0 Å². The molecule has 3 aromatic rings. The van der Waals surface area contributed by atoms with Crippen LogP contribution in [0.2, 0.25) is 5.02 Å². The molecule has 9 heteroatoms. The number of rotatable bonds is 5. The van der Waals surface area contributed by atoms with Crippen LogP contribution in [0.1, 0.15) is 34.3 Å². The van der Waals surface area contributed by atoms with Gasteiger partial charge in [0.05, 0.1) is 10.5 Å². The molecule has 0 radical (unpaired) electrons. The maximum atomic E-state index is 12.6. The Morgan fingerprint density at radius 1 is 1.13 bits per heavy atom. The molecule has 1 fully saturated rings. The number of ether oxygens (including phenoxy) is 1. The largest absolute Gasteiger partial charge is 0.457 e. The number of hydrogen-bond acceptors (Lipinski definition) is 6. The van der Waals surface area contributed by atoms with Gasteiger partial charge in [0.2, 0.25) is 10.0 Å². The second kappa shape index (κ2) is 8.45. The van der Waals surface area contributed by atoms with Crippen LogP contribution in [0.15, 0.2) is 56.6 Å². The molecule has 162 valence electrons. The molecular formula is C22H20ClNO6S. The van der Waals surface area contributed by atoms with E-state index in [0.717, 1.165) is 18.4 Å². The van der Waals surface area contributed by atoms with E-state index in [1.165, 1.54) is 34.6 Å². The first-order valence-corrected chi connectivity index (χ1v) is 11.6. The van der Waals surface area contributed by atoms with Crippen LogP contribution >= 0.6 is 11.6 Å². The molecule has 2 heterocycles. The van der Waals surface area contributed by atoms with E-state index in [4.69, 9.17) is 20.8 Å². The maximum absolute atomic E-state index is 12.6. The number of aryl methyl sites for hydroxylation is 1. The molecule has 1 saturated heterocycles. The lowest BCUT2D eigenvalue weighted by atomic mass is 10.1. The minimum atomic E-state index is -3.55. The predicted molar refractivity (Wildman–Crippen MR) is 116 cm³/mol. The molecule has 0 saturated carbocycles. The number of hydrogen-bond donors (Lipinski definition) is 0. The smallest absolute Gasteiger partial charge is 0.338 e. The van der Waals surface area contributed by atoms with Crippen molar-refractivity contribution in [3.63, 3.8) is 0 Å². The van der Waals surface area contributed by atoms with Crippen molar-refractivity contribution in [1.82, 2.24) is 4.31 Å². The third kappa shape index (κ3) is 4.37. The molecular weight excluding hydrogens is 442 g/mol. The Kier molecular flexibility index (Phi) is 5.88. The number of sulfonamides is 1. The van der Waals surface area contributed by atoms with Gasteiger partial charge in [-0.1, -0.05) is 11.6 Å². The van der Waals surface area contributed by atoms with Gasteiger partial charge < -0.3 is 9.15 Å². The lowest BCUT2D eigenvalue weighted by Gasteiger charge is -2.15. The van der Waals surface area contributed by atoms with E-state index in [0.29, 0.717) is 34.6 Å². The molecule has 0 spiro atoms. The molecule has 1 aliphatic heterocycles. The van der Waals surface area contributed by atoms with Gasteiger partial charge in [0, 0.05) is 35.1 Å². The van der Waals surface area contributed by atoms with Crippen molar-refractivity contribution in [3.8, 4) is 0 Å². The average Bonchev–Trinajstić information content (AvgIpc) is 3.29. The summed E-state index contributed by atoms with van der Waals surface area (Å²) in [6.07, 6.45) is 1.70. The maximum Gasteiger partial charge on any atom is 0.338 e. The molecule has 0 atom stereocenters. The number of benzene rings is 2. The normalized spacial score (nSPS) is 14.8. The SMILES string of the molecule is Cc1cc2oc(=O)cc(COC(=O)c3ccc(S(=O)(=O)N4CCCC4)cc3)c2cc1Cl. The fourth-order valence-corrected chi connectivity index (χ4v) is 5.22. The van der Waals surface area contributed by atoms with E-state index in [9.17, 15) is 18.0 Å². The summed E-state index contributed by atoms with van der Waals surface area (Å²) < 4.78 is 37.2. The second-order valence-corrected chi connectivity index (χ2v) is 9.75. The molecule has 0 bridgehead atoms. The zero-order valence-corrected chi connectivity index (χ0v) is 18.3. The highest BCUT2D eigenvalue weighted by Gasteiger charge is 2.27. The Balaban J connectivity index is 1.52. The first kappa shape index (κ1) is 21.5. The van der Waals surface area contributed by atoms with E-state index >= 15 is 0 Å². The van der Waals surface area contributed by atoms with Crippen LogP contribution in [-0.2, 0) is 21.4 Å². The van der Waals surface area contributed by atoms with Gasteiger partial charge in [-0.2, -0.15) is 4.31 Å². The summed E-state index contributed by atoms with van der Waals surface area (Å²) >= 11 is 6.18. The fraction of sp³-hybridized carbons (Fsp3) is 0.273. The highest BCUT2D eigenvalue weighted by atomic mass is 35.5. The van der Waals surface area contributed by atoms with E-state index in [1.807, 2.05) is 0 Å². The Bertz CT molecular complexity index is 1310. The summed E-state index contributed by atoms with van der Waals surface area (Å²) in [5.74, 6) is -0.635. The van der Waals surface area contributed by atoms with Crippen LogP contribution in [0.5, 0.6) is 0 Å². The Morgan fingerprint density at radius 2 is 1.81 bits per heavy atom. The standard InChI is InChI=1S/C22H20ClNO6S/c1-14-10-20-18(12-19(14)23)16(11-21(25)30-20)13-29-22(26)15-4-6-17(7-5-15)31(27,28)24-8-2-3-9-24/h4-7,10-12H,2-3,8-9,13H2,1H3. The molecule has 0 unspecified atom stereocenters. The van der Waals surface area contributed by atoms with Gasteiger partial charge in [-0.15, -0.1) is 0 Å². The predicted octanol–water partition coefficient (Wildman–Crippen LogP) is 3.90. The van der Waals surface area contributed by atoms with Crippen molar-refractivity contribution in [2.75, 3.05) is 13.1 Å². The molecule has 1 aliphatic rings. The van der Waals surface area contributed by atoms with Crippen molar-refractivity contribution in [2.24, 2.45) is 0 Å². The number of halogens is 1. The highest BCUT2D eigenvalue weighted by Crippen LogP contribution is 2.26. The summed E-state index contributed by atoms with van der Waals surface area (Å²) in [5, 5.41) is 1.08.